The van der Waals surface area contributed by atoms with Crippen molar-refractivity contribution in [2.24, 2.45) is 0 Å². The summed E-state index contributed by atoms with van der Waals surface area (Å²) < 4.78 is 22.1. The maximum atomic E-state index is 12.9. The molecule has 33 heavy (non-hydrogen) atoms. The summed E-state index contributed by atoms with van der Waals surface area (Å²) in [6.45, 7) is 5.39. The number of benzene rings is 2. The molecule has 1 fully saturated rings. The Balaban J connectivity index is 1.42. The fourth-order valence-electron chi connectivity index (χ4n) is 3.98. The van der Waals surface area contributed by atoms with Gasteiger partial charge in [0.25, 0.3) is 5.91 Å². The van der Waals surface area contributed by atoms with Gasteiger partial charge in [0, 0.05) is 38.8 Å². The van der Waals surface area contributed by atoms with Crippen LogP contribution in [0.4, 0.5) is 0 Å². The third kappa shape index (κ3) is 4.80. The van der Waals surface area contributed by atoms with Crippen molar-refractivity contribution in [2.75, 3.05) is 47.5 Å². The Morgan fingerprint density at radius 2 is 1.70 bits per heavy atom. The molecule has 0 radical (unpaired) electrons. The molecule has 3 aromatic rings. The molecular weight excluding hydrogens is 422 g/mol. The SMILES string of the molecule is COc1ccc(-c2nc(CN3CCN(C(=O)c4ccccc4OC)CC3)c(C)o2)c(OC)c1. The first kappa shape index (κ1) is 22.7. The van der Waals surface area contributed by atoms with Crippen LogP contribution in [0, 0.1) is 6.92 Å². The number of piperazine rings is 1. The quantitative estimate of drug-likeness (QED) is 0.543. The van der Waals surface area contributed by atoms with E-state index in [4.69, 9.17) is 23.6 Å². The van der Waals surface area contributed by atoms with Crippen LogP contribution in [0.3, 0.4) is 0 Å². The number of hydrogen-bond donors (Lipinski definition) is 0. The van der Waals surface area contributed by atoms with Crippen LogP contribution in [-0.4, -0.2) is 68.2 Å². The van der Waals surface area contributed by atoms with Gasteiger partial charge < -0.3 is 23.5 Å². The van der Waals surface area contributed by atoms with Crippen LogP contribution in [0.5, 0.6) is 17.2 Å². The van der Waals surface area contributed by atoms with Crippen molar-refractivity contribution in [1.82, 2.24) is 14.8 Å². The number of methoxy groups -OCH3 is 3. The molecule has 0 bridgehead atoms. The standard InChI is InChI=1S/C25H29N3O5/c1-17-21(26-24(33-17)19-10-9-18(30-2)15-23(19)32-4)16-27-11-13-28(14-12-27)25(29)20-7-5-6-8-22(20)31-3/h5-10,15H,11-14,16H2,1-4H3. The van der Waals surface area contributed by atoms with Gasteiger partial charge in [-0.25, -0.2) is 4.98 Å². The second-order valence-corrected chi connectivity index (χ2v) is 7.86. The van der Waals surface area contributed by atoms with E-state index in [0.29, 0.717) is 48.3 Å². The summed E-state index contributed by atoms with van der Waals surface area (Å²) in [7, 11) is 4.81. The third-order valence-electron chi connectivity index (χ3n) is 5.90. The maximum Gasteiger partial charge on any atom is 0.257 e. The van der Waals surface area contributed by atoms with Crippen molar-refractivity contribution in [3.63, 3.8) is 0 Å². The van der Waals surface area contributed by atoms with Gasteiger partial charge in [-0.2, -0.15) is 0 Å². The fraction of sp³-hybridized carbons (Fsp3) is 0.360. The zero-order valence-electron chi connectivity index (χ0n) is 19.5. The van der Waals surface area contributed by atoms with Crippen molar-refractivity contribution < 1.29 is 23.4 Å². The average molecular weight is 452 g/mol. The van der Waals surface area contributed by atoms with Gasteiger partial charge in [0.15, 0.2) is 0 Å². The number of ether oxygens (including phenoxy) is 3. The molecule has 2 heterocycles. The number of rotatable bonds is 7. The highest BCUT2D eigenvalue weighted by Gasteiger charge is 2.25. The van der Waals surface area contributed by atoms with Gasteiger partial charge >= 0.3 is 0 Å². The highest BCUT2D eigenvalue weighted by molar-refractivity contribution is 5.97. The van der Waals surface area contributed by atoms with Gasteiger partial charge in [-0.1, -0.05) is 12.1 Å². The van der Waals surface area contributed by atoms with E-state index >= 15 is 0 Å². The van der Waals surface area contributed by atoms with E-state index in [-0.39, 0.29) is 5.91 Å². The summed E-state index contributed by atoms with van der Waals surface area (Å²) in [5.74, 6) is 3.25. The van der Waals surface area contributed by atoms with E-state index in [1.807, 2.05) is 48.2 Å². The molecule has 0 spiro atoms. The molecule has 1 saturated heterocycles. The second-order valence-electron chi connectivity index (χ2n) is 7.86. The summed E-state index contributed by atoms with van der Waals surface area (Å²) in [5, 5.41) is 0. The Morgan fingerprint density at radius 3 is 2.39 bits per heavy atom. The Kier molecular flexibility index (Phi) is 6.84. The van der Waals surface area contributed by atoms with Crippen LogP contribution in [-0.2, 0) is 6.54 Å². The molecular formula is C25H29N3O5. The van der Waals surface area contributed by atoms with E-state index in [9.17, 15) is 4.79 Å². The highest BCUT2D eigenvalue weighted by Crippen LogP contribution is 2.34. The van der Waals surface area contributed by atoms with Crippen molar-refractivity contribution >= 4 is 5.91 Å². The van der Waals surface area contributed by atoms with Crippen LogP contribution >= 0.6 is 0 Å². The predicted octanol–water partition coefficient (Wildman–Crippen LogP) is 3.63. The Hall–Kier alpha value is -3.52. The van der Waals surface area contributed by atoms with Gasteiger partial charge in [-0.05, 0) is 31.2 Å². The minimum Gasteiger partial charge on any atom is -0.497 e. The molecule has 8 heteroatoms. The van der Waals surface area contributed by atoms with E-state index < -0.39 is 0 Å². The summed E-state index contributed by atoms with van der Waals surface area (Å²) in [4.78, 5) is 21.8. The van der Waals surface area contributed by atoms with Crippen LogP contribution in [0.1, 0.15) is 21.8 Å². The molecule has 0 atom stereocenters. The minimum atomic E-state index is -0.00129. The van der Waals surface area contributed by atoms with Gasteiger partial charge in [0.1, 0.15) is 23.0 Å². The molecule has 1 aliphatic heterocycles. The third-order valence-corrected chi connectivity index (χ3v) is 5.90. The van der Waals surface area contributed by atoms with Crippen molar-refractivity contribution in [3.05, 3.63) is 59.5 Å². The molecule has 0 aliphatic carbocycles. The Bertz CT molecular complexity index is 1120. The number of amides is 1. The molecule has 0 saturated carbocycles. The lowest BCUT2D eigenvalue weighted by Gasteiger charge is -2.34. The van der Waals surface area contributed by atoms with Gasteiger partial charge in [0.2, 0.25) is 5.89 Å². The van der Waals surface area contributed by atoms with Crippen molar-refractivity contribution in [3.8, 4) is 28.7 Å². The highest BCUT2D eigenvalue weighted by atomic mass is 16.5. The first-order chi connectivity index (χ1) is 16.0. The summed E-state index contributed by atoms with van der Waals surface area (Å²) in [5.41, 5.74) is 2.26. The van der Waals surface area contributed by atoms with E-state index in [1.54, 1.807) is 27.4 Å². The summed E-state index contributed by atoms with van der Waals surface area (Å²) >= 11 is 0. The average Bonchev–Trinajstić information content (AvgIpc) is 3.23. The monoisotopic (exact) mass is 451 g/mol. The van der Waals surface area contributed by atoms with Gasteiger partial charge in [-0.3, -0.25) is 9.69 Å². The molecule has 0 unspecified atom stereocenters. The number of hydrogen-bond acceptors (Lipinski definition) is 7. The molecule has 4 rings (SSSR count). The first-order valence-corrected chi connectivity index (χ1v) is 10.9. The van der Waals surface area contributed by atoms with Crippen LogP contribution in [0.2, 0.25) is 0 Å². The minimum absolute atomic E-state index is 0.00129. The number of aromatic nitrogens is 1. The number of aryl methyl sites for hydroxylation is 1. The lowest BCUT2D eigenvalue weighted by atomic mass is 10.1. The second kappa shape index (κ2) is 9.95. The zero-order chi connectivity index (χ0) is 23.4. The number of carbonyl (C=O) groups is 1. The number of carbonyl (C=O) groups excluding carboxylic acids is 1. The summed E-state index contributed by atoms with van der Waals surface area (Å²) in [6, 6.07) is 12.9. The Morgan fingerprint density at radius 1 is 0.970 bits per heavy atom. The van der Waals surface area contributed by atoms with Crippen LogP contribution in [0.25, 0.3) is 11.5 Å². The zero-order valence-corrected chi connectivity index (χ0v) is 19.5. The Labute approximate surface area is 193 Å². The topological polar surface area (TPSA) is 77.3 Å². The van der Waals surface area contributed by atoms with E-state index in [0.717, 1.165) is 30.1 Å². The number of para-hydroxylation sites is 1. The van der Waals surface area contributed by atoms with E-state index in [2.05, 4.69) is 4.90 Å². The largest absolute Gasteiger partial charge is 0.497 e. The predicted molar refractivity (Wildman–Crippen MR) is 124 cm³/mol. The summed E-state index contributed by atoms with van der Waals surface area (Å²) in [6.07, 6.45) is 0. The number of oxazole rings is 1. The van der Waals surface area contributed by atoms with Gasteiger partial charge in [-0.15, -0.1) is 0 Å². The molecule has 0 N–H and O–H groups in total. The van der Waals surface area contributed by atoms with E-state index in [1.165, 1.54) is 0 Å². The molecule has 2 aromatic carbocycles. The fourth-order valence-corrected chi connectivity index (χ4v) is 3.98. The van der Waals surface area contributed by atoms with Crippen molar-refractivity contribution in [1.29, 1.82) is 0 Å². The van der Waals surface area contributed by atoms with Crippen molar-refractivity contribution in [2.45, 2.75) is 13.5 Å². The lowest BCUT2D eigenvalue weighted by Crippen LogP contribution is -2.48. The van der Waals surface area contributed by atoms with Gasteiger partial charge in [0.05, 0.1) is 38.2 Å². The smallest absolute Gasteiger partial charge is 0.257 e. The first-order valence-electron chi connectivity index (χ1n) is 10.9. The molecule has 1 aliphatic rings. The normalized spacial score (nSPS) is 14.2. The molecule has 1 amide bonds. The number of nitrogens with zero attached hydrogens (tertiary/aromatic N) is 3. The molecule has 8 nitrogen and oxygen atoms in total. The van der Waals surface area contributed by atoms with Crippen LogP contribution < -0.4 is 14.2 Å². The lowest BCUT2D eigenvalue weighted by molar-refractivity contribution is 0.0623. The molecule has 1 aromatic heterocycles. The maximum absolute atomic E-state index is 12.9. The molecule has 174 valence electrons. The van der Waals surface area contributed by atoms with Crippen LogP contribution in [0.15, 0.2) is 46.9 Å².